The monoisotopic (exact) mass is 353 g/mol. The molecule has 0 bridgehead atoms. The maximum absolute atomic E-state index is 13.0. The molecule has 0 fully saturated rings. The third-order valence-corrected chi connectivity index (χ3v) is 5.15. The summed E-state index contributed by atoms with van der Waals surface area (Å²) in [5.74, 6) is -0.146. The van der Waals surface area contributed by atoms with Gasteiger partial charge in [-0.05, 0) is 29.9 Å². The first-order valence-electron chi connectivity index (χ1n) is 8.71. The van der Waals surface area contributed by atoms with Gasteiger partial charge in [0.05, 0.1) is 22.2 Å². The summed E-state index contributed by atoms with van der Waals surface area (Å²) in [6.45, 7) is 4.16. The molecule has 1 aromatic carbocycles. The van der Waals surface area contributed by atoms with Crippen LogP contribution in [0.3, 0.4) is 0 Å². The van der Waals surface area contributed by atoms with Crippen molar-refractivity contribution in [2.75, 3.05) is 5.32 Å². The van der Waals surface area contributed by atoms with E-state index in [2.05, 4.69) is 22.4 Å². The number of carbonyl (C=O) groups is 1. The fraction of sp³-hybridized carbons (Fsp3) is 0.300. The minimum atomic E-state index is -0.165. The van der Waals surface area contributed by atoms with Gasteiger partial charge in [0.25, 0.3) is 0 Å². The van der Waals surface area contributed by atoms with Crippen molar-refractivity contribution in [2.24, 2.45) is 0 Å². The summed E-state index contributed by atoms with van der Waals surface area (Å²) in [7, 11) is 0. The van der Waals surface area contributed by atoms with Crippen molar-refractivity contribution in [1.82, 2.24) is 10.2 Å². The Morgan fingerprint density at radius 2 is 2.00 bits per heavy atom. The fourth-order valence-corrected chi connectivity index (χ4v) is 3.72. The Bertz CT molecular complexity index is 809. The fourth-order valence-electron chi connectivity index (χ4n) is 3.00. The SMILES string of the molecule is CCCc1[nH]nc(-c2cccs2)c1NC(=O)C(CC)c1ccccc1. The van der Waals surface area contributed by atoms with Crippen LogP contribution in [0.2, 0.25) is 0 Å². The molecule has 2 heterocycles. The summed E-state index contributed by atoms with van der Waals surface area (Å²) in [6.07, 6.45) is 2.60. The Morgan fingerprint density at radius 1 is 1.20 bits per heavy atom. The number of nitrogens with one attached hydrogen (secondary N) is 2. The number of aryl methyl sites for hydroxylation is 1. The largest absolute Gasteiger partial charge is 0.322 e. The Hall–Kier alpha value is -2.40. The van der Waals surface area contributed by atoms with Crippen LogP contribution < -0.4 is 5.32 Å². The van der Waals surface area contributed by atoms with E-state index in [1.54, 1.807) is 11.3 Å². The van der Waals surface area contributed by atoms with E-state index < -0.39 is 0 Å². The number of thiophene rings is 1. The van der Waals surface area contributed by atoms with Gasteiger partial charge in [0.2, 0.25) is 5.91 Å². The number of hydrogen-bond acceptors (Lipinski definition) is 3. The number of carbonyl (C=O) groups excluding carboxylic acids is 1. The Balaban J connectivity index is 1.90. The van der Waals surface area contributed by atoms with Gasteiger partial charge < -0.3 is 5.32 Å². The number of aromatic amines is 1. The molecule has 130 valence electrons. The second-order valence-electron chi connectivity index (χ2n) is 6.01. The first kappa shape index (κ1) is 17.4. The highest BCUT2D eigenvalue weighted by atomic mass is 32.1. The topological polar surface area (TPSA) is 57.8 Å². The van der Waals surface area contributed by atoms with E-state index in [0.29, 0.717) is 0 Å². The molecule has 0 aliphatic carbocycles. The van der Waals surface area contributed by atoms with Gasteiger partial charge in [-0.1, -0.05) is 56.7 Å². The van der Waals surface area contributed by atoms with Gasteiger partial charge in [-0.25, -0.2) is 0 Å². The minimum absolute atomic E-state index is 0.0188. The van der Waals surface area contributed by atoms with Gasteiger partial charge in [-0.15, -0.1) is 11.3 Å². The molecular weight excluding hydrogens is 330 g/mol. The smallest absolute Gasteiger partial charge is 0.232 e. The summed E-state index contributed by atoms with van der Waals surface area (Å²) in [5.41, 5.74) is 3.68. The third kappa shape index (κ3) is 3.82. The van der Waals surface area contributed by atoms with Crippen molar-refractivity contribution in [3.63, 3.8) is 0 Å². The van der Waals surface area contributed by atoms with Crippen LogP contribution in [0.1, 0.15) is 43.9 Å². The van der Waals surface area contributed by atoms with Crippen molar-refractivity contribution in [3.8, 4) is 10.6 Å². The van der Waals surface area contributed by atoms with E-state index in [-0.39, 0.29) is 11.8 Å². The summed E-state index contributed by atoms with van der Waals surface area (Å²) in [4.78, 5) is 14.0. The van der Waals surface area contributed by atoms with Crippen molar-refractivity contribution in [1.29, 1.82) is 0 Å². The minimum Gasteiger partial charge on any atom is -0.322 e. The number of benzene rings is 1. The van der Waals surface area contributed by atoms with Crippen LogP contribution in [-0.4, -0.2) is 16.1 Å². The van der Waals surface area contributed by atoms with Gasteiger partial charge >= 0.3 is 0 Å². The molecule has 0 aliphatic heterocycles. The number of aromatic nitrogens is 2. The zero-order valence-electron chi connectivity index (χ0n) is 14.6. The standard InChI is InChI=1S/C20H23N3OS/c1-3-9-16-18(19(23-22-16)17-12-8-13-25-17)21-20(24)15(4-2)14-10-6-5-7-11-14/h5-8,10-13,15H,3-4,9H2,1-2H3,(H,21,24)(H,22,23). The van der Waals surface area contributed by atoms with Crippen LogP contribution in [0.5, 0.6) is 0 Å². The zero-order valence-corrected chi connectivity index (χ0v) is 15.4. The van der Waals surface area contributed by atoms with Crippen LogP contribution in [0.15, 0.2) is 47.8 Å². The molecule has 4 nitrogen and oxygen atoms in total. The van der Waals surface area contributed by atoms with Gasteiger partial charge in [-0.3, -0.25) is 9.89 Å². The number of H-pyrrole nitrogens is 1. The number of rotatable bonds is 7. The summed E-state index contributed by atoms with van der Waals surface area (Å²) in [6, 6.07) is 14.0. The lowest BCUT2D eigenvalue weighted by Crippen LogP contribution is -2.21. The highest BCUT2D eigenvalue weighted by Gasteiger charge is 2.23. The first-order valence-corrected chi connectivity index (χ1v) is 9.59. The average Bonchev–Trinajstić information content (AvgIpc) is 3.27. The number of anilines is 1. The highest BCUT2D eigenvalue weighted by Crippen LogP contribution is 2.33. The molecule has 2 aromatic heterocycles. The van der Waals surface area contributed by atoms with E-state index >= 15 is 0 Å². The zero-order chi connectivity index (χ0) is 17.6. The molecule has 3 rings (SSSR count). The average molecular weight is 353 g/mol. The Labute approximate surface area is 152 Å². The van der Waals surface area contributed by atoms with E-state index in [4.69, 9.17) is 0 Å². The predicted molar refractivity (Wildman–Crippen MR) is 104 cm³/mol. The molecule has 1 atom stereocenters. The molecule has 2 N–H and O–H groups in total. The van der Waals surface area contributed by atoms with Crippen LogP contribution >= 0.6 is 11.3 Å². The van der Waals surface area contributed by atoms with Gasteiger partial charge in [-0.2, -0.15) is 5.10 Å². The van der Waals surface area contributed by atoms with E-state index in [1.807, 2.05) is 54.8 Å². The molecule has 0 spiro atoms. The molecule has 0 saturated heterocycles. The molecule has 0 saturated carbocycles. The molecule has 0 aliphatic rings. The van der Waals surface area contributed by atoms with Crippen molar-refractivity contribution < 1.29 is 4.79 Å². The first-order chi connectivity index (χ1) is 12.2. The number of hydrogen-bond donors (Lipinski definition) is 2. The molecular formula is C20H23N3OS. The lowest BCUT2D eigenvalue weighted by Gasteiger charge is -2.16. The second kappa shape index (κ2) is 8.12. The Morgan fingerprint density at radius 3 is 2.64 bits per heavy atom. The van der Waals surface area contributed by atoms with Crippen molar-refractivity contribution >= 4 is 22.9 Å². The van der Waals surface area contributed by atoms with Gasteiger partial charge in [0, 0.05) is 0 Å². The van der Waals surface area contributed by atoms with Crippen LogP contribution in [0.4, 0.5) is 5.69 Å². The lowest BCUT2D eigenvalue weighted by molar-refractivity contribution is -0.117. The third-order valence-electron chi connectivity index (χ3n) is 4.27. The molecule has 1 unspecified atom stereocenters. The van der Waals surface area contributed by atoms with Crippen LogP contribution in [0, 0.1) is 0 Å². The molecule has 25 heavy (non-hydrogen) atoms. The molecule has 0 radical (unpaired) electrons. The molecule has 3 aromatic rings. The summed E-state index contributed by atoms with van der Waals surface area (Å²) >= 11 is 1.63. The van der Waals surface area contributed by atoms with E-state index in [9.17, 15) is 4.79 Å². The normalized spacial score (nSPS) is 12.1. The quantitative estimate of drug-likeness (QED) is 0.611. The van der Waals surface area contributed by atoms with Gasteiger partial charge in [0.15, 0.2) is 0 Å². The van der Waals surface area contributed by atoms with E-state index in [0.717, 1.165) is 46.8 Å². The van der Waals surface area contributed by atoms with Crippen LogP contribution in [0.25, 0.3) is 10.6 Å². The van der Waals surface area contributed by atoms with Gasteiger partial charge in [0.1, 0.15) is 5.69 Å². The molecule has 1 amide bonds. The van der Waals surface area contributed by atoms with Crippen LogP contribution in [-0.2, 0) is 11.2 Å². The maximum Gasteiger partial charge on any atom is 0.232 e. The maximum atomic E-state index is 13.0. The predicted octanol–water partition coefficient (Wildman–Crippen LogP) is 5.22. The van der Waals surface area contributed by atoms with E-state index in [1.165, 1.54) is 0 Å². The second-order valence-corrected chi connectivity index (χ2v) is 6.96. The number of amides is 1. The summed E-state index contributed by atoms with van der Waals surface area (Å²) in [5, 5.41) is 12.7. The molecule has 5 heteroatoms. The van der Waals surface area contributed by atoms with Crippen molar-refractivity contribution in [2.45, 2.75) is 39.0 Å². The Kier molecular flexibility index (Phi) is 5.66. The lowest BCUT2D eigenvalue weighted by atomic mass is 9.95. The summed E-state index contributed by atoms with van der Waals surface area (Å²) < 4.78 is 0. The van der Waals surface area contributed by atoms with Crippen molar-refractivity contribution in [3.05, 3.63) is 59.1 Å². The highest BCUT2D eigenvalue weighted by molar-refractivity contribution is 7.13. The number of nitrogens with zero attached hydrogens (tertiary/aromatic N) is 1.